The maximum atomic E-state index is 12.3. The summed E-state index contributed by atoms with van der Waals surface area (Å²) in [5.41, 5.74) is 3.80. The van der Waals surface area contributed by atoms with Crippen LogP contribution in [0.25, 0.3) is 11.0 Å². The number of fused-ring (bicyclic) bond motifs is 1. The number of benzene rings is 2. The van der Waals surface area contributed by atoms with Gasteiger partial charge in [-0.25, -0.2) is 4.98 Å². The van der Waals surface area contributed by atoms with Crippen LogP contribution in [-0.4, -0.2) is 35.5 Å². The first-order valence-corrected chi connectivity index (χ1v) is 8.78. The molecule has 3 rings (SSSR count). The Kier molecular flexibility index (Phi) is 5.33. The number of hydrogen-bond donors (Lipinski definition) is 2. The van der Waals surface area contributed by atoms with Gasteiger partial charge in [-0.1, -0.05) is 12.1 Å². The van der Waals surface area contributed by atoms with Crippen LogP contribution >= 0.6 is 0 Å². The van der Waals surface area contributed by atoms with Crippen molar-refractivity contribution in [2.24, 2.45) is 0 Å². The third-order valence-corrected chi connectivity index (χ3v) is 4.34. The largest absolute Gasteiger partial charge is 0.372 e. The summed E-state index contributed by atoms with van der Waals surface area (Å²) in [6.45, 7) is 6.72. The quantitative estimate of drug-likeness (QED) is 0.695. The Labute approximate surface area is 148 Å². The van der Waals surface area contributed by atoms with Gasteiger partial charge in [0, 0.05) is 37.3 Å². The number of nitrogens with zero attached hydrogens (tertiary/aromatic N) is 2. The van der Waals surface area contributed by atoms with Gasteiger partial charge in [0.05, 0.1) is 11.0 Å². The summed E-state index contributed by atoms with van der Waals surface area (Å²) in [7, 11) is 0. The Morgan fingerprint density at radius 3 is 2.48 bits per heavy atom. The van der Waals surface area contributed by atoms with Crippen LogP contribution in [0.15, 0.2) is 48.5 Å². The van der Waals surface area contributed by atoms with Gasteiger partial charge in [0.25, 0.3) is 5.91 Å². The number of rotatable bonds is 7. The minimum atomic E-state index is -0.0535. The van der Waals surface area contributed by atoms with Gasteiger partial charge in [0.15, 0.2) is 0 Å². The van der Waals surface area contributed by atoms with Crippen LogP contribution in [0.2, 0.25) is 0 Å². The van der Waals surface area contributed by atoms with E-state index in [2.05, 4.69) is 34.0 Å². The summed E-state index contributed by atoms with van der Waals surface area (Å²) in [4.78, 5) is 22.3. The lowest BCUT2D eigenvalue weighted by Gasteiger charge is -2.21. The Bertz CT molecular complexity index is 801. The number of nitrogens with one attached hydrogen (secondary N) is 2. The predicted molar refractivity (Wildman–Crippen MR) is 102 cm³/mol. The lowest BCUT2D eigenvalue weighted by atomic mass is 10.2. The summed E-state index contributed by atoms with van der Waals surface area (Å²) in [6.07, 6.45) is 0.679. The average molecular weight is 336 g/mol. The molecular formula is C20H24N4O. The number of carbonyl (C=O) groups is 1. The summed E-state index contributed by atoms with van der Waals surface area (Å²) in [6, 6.07) is 15.7. The molecule has 0 atom stereocenters. The molecule has 1 amide bonds. The molecule has 1 aromatic heterocycles. The molecule has 0 spiro atoms. The lowest BCUT2D eigenvalue weighted by molar-refractivity contribution is 0.0954. The highest BCUT2D eigenvalue weighted by Crippen LogP contribution is 2.15. The maximum Gasteiger partial charge on any atom is 0.251 e. The van der Waals surface area contributed by atoms with E-state index in [-0.39, 0.29) is 5.91 Å². The molecule has 0 unspecified atom stereocenters. The van der Waals surface area contributed by atoms with E-state index < -0.39 is 0 Å². The first kappa shape index (κ1) is 17.0. The van der Waals surface area contributed by atoms with Crippen molar-refractivity contribution in [1.29, 1.82) is 0 Å². The summed E-state index contributed by atoms with van der Waals surface area (Å²) in [5.74, 6) is 0.834. The topological polar surface area (TPSA) is 61.0 Å². The second kappa shape index (κ2) is 7.83. The molecule has 0 fully saturated rings. The van der Waals surface area contributed by atoms with Crippen LogP contribution in [0, 0.1) is 0 Å². The standard InChI is InChI=1S/C20H24N4O/c1-3-24(4-2)16-11-9-15(10-12-16)20(25)21-14-13-19-22-17-7-5-6-8-18(17)23-19/h5-12H,3-4,13-14H2,1-2H3,(H,21,25)(H,22,23). The number of H-pyrrole nitrogens is 1. The highest BCUT2D eigenvalue weighted by molar-refractivity contribution is 5.94. The Morgan fingerprint density at radius 2 is 1.80 bits per heavy atom. The van der Waals surface area contributed by atoms with E-state index in [1.807, 2.05) is 48.5 Å². The molecule has 0 saturated heterocycles. The zero-order chi connectivity index (χ0) is 17.6. The third kappa shape index (κ3) is 3.99. The molecule has 5 nitrogen and oxygen atoms in total. The Morgan fingerprint density at radius 1 is 1.08 bits per heavy atom. The first-order chi connectivity index (χ1) is 12.2. The highest BCUT2D eigenvalue weighted by atomic mass is 16.1. The molecule has 3 aromatic rings. The molecule has 0 aliphatic carbocycles. The molecule has 0 radical (unpaired) electrons. The van der Waals surface area contributed by atoms with Crippen molar-refractivity contribution in [3.8, 4) is 0 Å². The zero-order valence-electron chi connectivity index (χ0n) is 14.7. The molecule has 0 aliphatic heterocycles. The summed E-state index contributed by atoms with van der Waals surface area (Å²) in [5, 5.41) is 2.96. The molecule has 2 aromatic carbocycles. The smallest absolute Gasteiger partial charge is 0.251 e. The molecule has 5 heteroatoms. The SMILES string of the molecule is CCN(CC)c1ccc(C(=O)NCCc2nc3ccccc3[nH]2)cc1. The third-order valence-electron chi connectivity index (χ3n) is 4.34. The number of aromatic nitrogens is 2. The normalized spacial score (nSPS) is 10.8. The molecule has 0 saturated carbocycles. The fourth-order valence-corrected chi connectivity index (χ4v) is 2.93. The van der Waals surface area contributed by atoms with Crippen LogP contribution in [0.5, 0.6) is 0 Å². The number of anilines is 1. The van der Waals surface area contributed by atoms with E-state index in [1.54, 1.807) is 0 Å². The fraction of sp³-hybridized carbons (Fsp3) is 0.300. The monoisotopic (exact) mass is 336 g/mol. The van der Waals surface area contributed by atoms with E-state index in [9.17, 15) is 4.79 Å². The Balaban J connectivity index is 1.55. The van der Waals surface area contributed by atoms with Crippen molar-refractivity contribution < 1.29 is 4.79 Å². The van der Waals surface area contributed by atoms with E-state index in [4.69, 9.17) is 0 Å². The number of amides is 1. The van der Waals surface area contributed by atoms with Crippen molar-refractivity contribution in [3.63, 3.8) is 0 Å². The van der Waals surface area contributed by atoms with Crippen LogP contribution in [0.1, 0.15) is 30.0 Å². The van der Waals surface area contributed by atoms with Gasteiger partial charge in [0.2, 0.25) is 0 Å². The minimum absolute atomic E-state index is 0.0535. The maximum absolute atomic E-state index is 12.3. The van der Waals surface area contributed by atoms with Gasteiger partial charge in [-0.2, -0.15) is 0 Å². The number of aromatic amines is 1. The van der Waals surface area contributed by atoms with Crippen molar-refractivity contribution in [1.82, 2.24) is 15.3 Å². The van der Waals surface area contributed by atoms with Crippen molar-refractivity contribution >= 4 is 22.6 Å². The van der Waals surface area contributed by atoms with Gasteiger partial charge >= 0.3 is 0 Å². The zero-order valence-corrected chi connectivity index (χ0v) is 14.7. The van der Waals surface area contributed by atoms with Gasteiger partial charge in [-0.15, -0.1) is 0 Å². The van der Waals surface area contributed by atoms with Gasteiger partial charge < -0.3 is 15.2 Å². The van der Waals surface area contributed by atoms with Crippen molar-refractivity contribution in [3.05, 3.63) is 59.9 Å². The number of carbonyl (C=O) groups excluding carboxylic acids is 1. The van der Waals surface area contributed by atoms with Crippen LogP contribution in [-0.2, 0) is 6.42 Å². The van der Waals surface area contributed by atoms with E-state index in [0.717, 1.165) is 35.6 Å². The summed E-state index contributed by atoms with van der Waals surface area (Å²) >= 11 is 0. The second-order valence-corrected chi connectivity index (χ2v) is 5.93. The minimum Gasteiger partial charge on any atom is -0.372 e. The van der Waals surface area contributed by atoms with Gasteiger partial charge in [-0.3, -0.25) is 4.79 Å². The molecule has 130 valence electrons. The fourth-order valence-electron chi connectivity index (χ4n) is 2.93. The molecule has 25 heavy (non-hydrogen) atoms. The van der Waals surface area contributed by atoms with E-state index in [1.165, 1.54) is 0 Å². The van der Waals surface area contributed by atoms with Crippen LogP contribution in [0.3, 0.4) is 0 Å². The van der Waals surface area contributed by atoms with Crippen LogP contribution < -0.4 is 10.2 Å². The first-order valence-electron chi connectivity index (χ1n) is 8.78. The Hall–Kier alpha value is -2.82. The molecular weight excluding hydrogens is 312 g/mol. The number of hydrogen-bond acceptors (Lipinski definition) is 3. The van der Waals surface area contributed by atoms with Crippen molar-refractivity contribution in [2.45, 2.75) is 20.3 Å². The average Bonchev–Trinajstić information content (AvgIpc) is 3.06. The highest BCUT2D eigenvalue weighted by Gasteiger charge is 2.08. The molecule has 0 bridgehead atoms. The molecule has 1 heterocycles. The lowest BCUT2D eigenvalue weighted by Crippen LogP contribution is -2.26. The summed E-state index contributed by atoms with van der Waals surface area (Å²) < 4.78 is 0. The molecule has 0 aliphatic rings. The van der Waals surface area contributed by atoms with Gasteiger partial charge in [-0.05, 0) is 50.2 Å². The van der Waals surface area contributed by atoms with Crippen LogP contribution in [0.4, 0.5) is 5.69 Å². The van der Waals surface area contributed by atoms with Crippen molar-refractivity contribution in [2.75, 3.05) is 24.5 Å². The van der Waals surface area contributed by atoms with Gasteiger partial charge in [0.1, 0.15) is 5.82 Å². The predicted octanol–water partition coefficient (Wildman–Crippen LogP) is 3.38. The number of imidazole rings is 1. The van der Waals surface area contributed by atoms with E-state index >= 15 is 0 Å². The molecule has 2 N–H and O–H groups in total. The van der Waals surface area contributed by atoms with E-state index in [0.29, 0.717) is 18.5 Å². The second-order valence-electron chi connectivity index (χ2n) is 5.93. The number of para-hydroxylation sites is 2.